The molecule has 0 aliphatic heterocycles. The van der Waals surface area contributed by atoms with Gasteiger partial charge in [0.1, 0.15) is 5.75 Å². The average molecular weight is 359 g/mol. The van der Waals surface area contributed by atoms with E-state index in [1.807, 2.05) is 0 Å². The topological polar surface area (TPSA) is 163 Å². The highest BCUT2D eigenvalue weighted by molar-refractivity contribution is 8.30. The number of hydrogen-bond donors (Lipinski definition) is 2. The van der Waals surface area contributed by atoms with Gasteiger partial charge in [0.15, 0.2) is 10.6 Å². The van der Waals surface area contributed by atoms with E-state index in [9.17, 15) is 28.2 Å². The number of rotatable bonds is 5. The number of nitrogens with zero attached hydrogens (tertiary/aromatic N) is 3. The molecule has 0 heterocycles. The quantitative estimate of drug-likeness (QED) is 0.610. The molecule has 12 heteroatoms. The van der Waals surface area contributed by atoms with Gasteiger partial charge in [-0.2, -0.15) is 8.42 Å². The Bertz CT molecular complexity index is 921. The minimum absolute atomic E-state index is 0.0560. The third kappa shape index (κ3) is 2.78. The van der Waals surface area contributed by atoms with Crippen LogP contribution in [0.25, 0.3) is 10.8 Å². The predicted octanol–water partition coefficient (Wildman–Crippen LogP) is 3.31. The number of phenolic OH excluding ortho intramolecular Hbond substituents is 1. The third-order valence-electron chi connectivity index (χ3n) is 3.10. The monoisotopic (exact) mass is 359 g/mol. The second-order valence-electron chi connectivity index (χ2n) is 4.50. The Morgan fingerprint density at radius 2 is 1.43 bits per heavy atom. The standard InChI is InChI=1S/C11H9N3O7S2/c1-6-2-8(22(12-16,13-17)14-18)3-7-4-9(23(19,20)21)5-10(15)11(6)7/h2-5,15H,1H3,(H,19,20,21). The summed E-state index contributed by atoms with van der Waals surface area (Å²) in [7, 11) is -8.35. The Hall–Kier alpha value is -2.44. The first-order valence-corrected chi connectivity index (χ1v) is 8.75. The fraction of sp³-hybridized carbons (Fsp3) is 0.0909. The van der Waals surface area contributed by atoms with E-state index < -0.39 is 31.3 Å². The van der Waals surface area contributed by atoms with Gasteiger partial charge in [-0.05, 0) is 36.1 Å². The number of hydrogen-bond acceptors (Lipinski definition) is 9. The van der Waals surface area contributed by atoms with Gasteiger partial charge in [0.2, 0.25) is 0 Å². The first kappa shape index (κ1) is 16.9. The molecule has 2 rings (SSSR count). The molecule has 122 valence electrons. The summed E-state index contributed by atoms with van der Waals surface area (Å²) < 4.78 is 38.7. The molecule has 0 spiro atoms. The van der Waals surface area contributed by atoms with Crippen LogP contribution in [0, 0.1) is 21.6 Å². The van der Waals surface area contributed by atoms with E-state index in [1.165, 1.54) is 13.0 Å². The molecular weight excluding hydrogens is 350 g/mol. The lowest BCUT2D eigenvalue weighted by molar-refractivity contribution is 0.470. The first-order chi connectivity index (χ1) is 10.7. The second kappa shape index (κ2) is 5.64. The molecule has 0 saturated heterocycles. The Morgan fingerprint density at radius 1 is 0.913 bits per heavy atom. The second-order valence-corrected chi connectivity index (χ2v) is 7.88. The van der Waals surface area contributed by atoms with Crippen molar-refractivity contribution >= 4 is 31.5 Å². The number of aryl methyl sites for hydroxylation is 1. The van der Waals surface area contributed by atoms with Crippen molar-refractivity contribution in [2.45, 2.75) is 16.7 Å². The van der Waals surface area contributed by atoms with Crippen molar-refractivity contribution in [2.75, 3.05) is 0 Å². The molecule has 0 unspecified atom stereocenters. The summed E-state index contributed by atoms with van der Waals surface area (Å²) in [6.45, 7) is 1.49. The van der Waals surface area contributed by atoms with Crippen LogP contribution in [0.3, 0.4) is 0 Å². The fourth-order valence-corrected chi connectivity index (χ4v) is 3.62. The van der Waals surface area contributed by atoms with Gasteiger partial charge in [-0.3, -0.25) is 4.55 Å². The largest absolute Gasteiger partial charge is 0.507 e. The van der Waals surface area contributed by atoms with Gasteiger partial charge in [-0.15, -0.1) is 14.7 Å². The van der Waals surface area contributed by atoms with Gasteiger partial charge < -0.3 is 5.11 Å². The van der Waals surface area contributed by atoms with Crippen molar-refractivity contribution in [1.29, 1.82) is 0 Å². The van der Waals surface area contributed by atoms with Crippen LogP contribution in [-0.2, 0) is 10.1 Å². The maximum atomic E-state index is 11.2. The summed E-state index contributed by atoms with van der Waals surface area (Å²) in [6.07, 6.45) is 0. The van der Waals surface area contributed by atoms with Gasteiger partial charge in [0.25, 0.3) is 10.1 Å². The molecule has 10 nitrogen and oxygen atoms in total. The van der Waals surface area contributed by atoms with E-state index >= 15 is 0 Å². The van der Waals surface area contributed by atoms with E-state index in [0.29, 0.717) is 5.56 Å². The van der Waals surface area contributed by atoms with Gasteiger partial charge in [0.05, 0.1) is 9.79 Å². The molecular formula is C11H9N3O7S2. The lowest BCUT2D eigenvalue weighted by Gasteiger charge is -2.16. The first-order valence-electron chi connectivity index (χ1n) is 5.80. The number of phenols is 1. The molecule has 2 aromatic carbocycles. The van der Waals surface area contributed by atoms with Crippen molar-refractivity contribution in [2.24, 2.45) is 13.7 Å². The van der Waals surface area contributed by atoms with Gasteiger partial charge in [-0.1, -0.05) is 0 Å². The van der Waals surface area contributed by atoms with Gasteiger partial charge in [-0.25, -0.2) is 0 Å². The van der Waals surface area contributed by atoms with E-state index in [0.717, 1.165) is 18.2 Å². The van der Waals surface area contributed by atoms with Gasteiger partial charge >= 0.3 is 0 Å². The van der Waals surface area contributed by atoms with Crippen LogP contribution in [0.5, 0.6) is 5.75 Å². The van der Waals surface area contributed by atoms with Crippen LogP contribution in [0.2, 0.25) is 0 Å². The summed E-state index contributed by atoms with van der Waals surface area (Å²) in [5.41, 5.74) is 0.324. The zero-order chi connectivity index (χ0) is 17.4. The van der Waals surface area contributed by atoms with Crippen LogP contribution in [0.15, 0.2) is 47.8 Å². The van der Waals surface area contributed by atoms with Crippen molar-refractivity contribution in [1.82, 2.24) is 0 Å². The Labute approximate surface area is 130 Å². The molecule has 0 atom stereocenters. The Balaban J connectivity index is 2.91. The SMILES string of the molecule is Cc1cc(S(N=O)(N=O)N=O)cc2cc(S(=O)(=O)O)cc(O)c12. The highest BCUT2D eigenvalue weighted by Crippen LogP contribution is 2.60. The van der Waals surface area contributed by atoms with E-state index in [-0.39, 0.29) is 15.7 Å². The van der Waals surface area contributed by atoms with Crippen molar-refractivity contribution in [3.63, 3.8) is 0 Å². The van der Waals surface area contributed by atoms with E-state index in [2.05, 4.69) is 13.7 Å². The molecule has 2 N–H and O–H groups in total. The molecule has 23 heavy (non-hydrogen) atoms. The maximum Gasteiger partial charge on any atom is 0.294 e. The molecule has 0 aliphatic rings. The van der Waals surface area contributed by atoms with E-state index in [1.54, 1.807) is 0 Å². The van der Waals surface area contributed by atoms with Gasteiger partial charge in [0, 0.05) is 25.2 Å². The molecule has 0 bridgehead atoms. The zero-order valence-electron chi connectivity index (χ0n) is 11.4. The summed E-state index contributed by atoms with van der Waals surface area (Å²) in [6, 6.07) is 4.18. The molecule has 0 fully saturated rings. The van der Waals surface area contributed by atoms with E-state index in [4.69, 9.17) is 4.55 Å². The highest BCUT2D eigenvalue weighted by Gasteiger charge is 2.32. The minimum atomic E-state index is -4.60. The Kier molecular flexibility index (Phi) is 4.15. The van der Waals surface area contributed by atoms with Crippen LogP contribution < -0.4 is 0 Å². The van der Waals surface area contributed by atoms with Crippen LogP contribution in [-0.4, -0.2) is 18.1 Å². The summed E-state index contributed by atoms with van der Waals surface area (Å²) in [5, 5.41) is 10.2. The van der Waals surface area contributed by atoms with Crippen LogP contribution in [0.1, 0.15) is 5.56 Å². The molecule has 0 amide bonds. The Morgan fingerprint density at radius 3 is 1.91 bits per heavy atom. The minimum Gasteiger partial charge on any atom is -0.507 e. The number of benzene rings is 2. The lowest BCUT2D eigenvalue weighted by Crippen LogP contribution is -1.99. The lowest BCUT2D eigenvalue weighted by atomic mass is 10.0. The average Bonchev–Trinajstić information content (AvgIpc) is 2.48. The third-order valence-corrected chi connectivity index (χ3v) is 5.42. The summed E-state index contributed by atoms with van der Waals surface area (Å²) in [5.74, 6) is -0.447. The molecule has 0 saturated carbocycles. The van der Waals surface area contributed by atoms with Crippen molar-refractivity contribution in [3.8, 4) is 5.75 Å². The molecule has 0 radical (unpaired) electrons. The number of aromatic hydroxyl groups is 1. The summed E-state index contributed by atoms with van der Waals surface area (Å²) >= 11 is 0. The predicted molar refractivity (Wildman–Crippen MR) is 83.4 cm³/mol. The smallest absolute Gasteiger partial charge is 0.294 e. The normalized spacial score (nSPS) is 12.8. The summed E-state index contributed by atoms with van der Waals surface area (Å²) in [4.78, 5) is 31.7. The van der Waals surface area contributed by atoms with Crippen LogP contribution in [0.4, 0.5) is 0 Å². The number of nitroso groups, excluding NO2 is 3. The van der Waals surface area contributed by atoms with Crippen LogP contribution >= 0.6 is 10.6 Å². The van der Waals surface area contributed by atoms with Crippen molar-refractivity contribution in [3.05, 3.63) is 44.6 Å². The molecule has 0 aromatic heterocycles. The maximum absolute atomic E-state index is 11.2. The van der Waals surface area contributed by atoms with Crippen molar-refractivity contribution < 1.29 is 18.1 Å². The fourth-order valence-electron chi connectivity index (χ4n) is 2.12. The number of fused-ring (bicyclic) bond motifs is 1. The zero-order valence-corrected chi connectivity index (χ0v) is 13.0. The molecule has 2 aromatic rings. The molecule has 0 aliphatic carbocycles. The highest BCUT2D eigenvalue weighted by atomic mass is 32.3.